The van der Waals surface area contributed by atoms with E-state index in [9.17, 15) is 4.79 Å². The van der Waals surface area contributed by atoms with Crippen molar-refractivity contribution in [3.63, 3.8) is 0 Å². The molecule has 2 heterocycles. The van der Waals surface area contributed by atoms with Crippen LogP contribution in [-0.4, -0.2) is 37.0 Å². The van der Waals surface area contributed by atoms with E-state index < -0.39 is 0 Å². The summed E-state index contributed by atoms with van der Waals surface area (Å²) >= 11 is 0. The van der Waals surface area contributed by atoms with Gasteiger partial charge in [-0.25, -0.2) is 0 Å². The normalized spacial score (nSPS) is 19.4. The fourth-order valence-corrected chi connectivity index (χ4v) is 3.32. The maximum atomic E-state index is 12.0. The standard InChI is InChI=1S/C13H16N2O.C7H8/c1-14-8-7-12(13(14)16)15-9-6-10-4-2-3-5-11(10)15;1-7-5-3-2-4-6-7/h2-5,12H,6-9H2,1H3;2-6H,1H3. The number of benzene rings is 2. The van der Waals surface area contributed by atoms with Crippen molar-refractivity contribution in [1.82, 2.24) is 4.90 Å². The van der Waals surface area contributed by atoms with Crippen LogP contribution in [0.3, 0.4) is 0 Å². The summed E-state index contributed by atoms with van der Waals surface area (Å²) in [7, 11) is 1.89. The third kappa shape index (κ3) is 3.39. The fourth-order valence-electron chi connectivity index (χ4n) is 3.32. The molecule has 2 aromatic carbocycles. The molecule has 0 saturated carbocycles. The lowest BCUT2D eigenvalue weighted by Crippen LogP contribution is -2.40. The maximum Gasteiger partial charge on any atom is 0.245 e. The number of nitrogens with zero attached hydrogens (tertiary/aromatic N) is 2. The molecular weight excluding hydrogens is 284 g/mol. The largest absolute Gasteiger partial charge is 0.359 e. The second kappa shape index (κ2) is 6.86. The molecule has 0 spiro atoms. The molecule has 1 unspecified atom stereocenters. The first-order valence-electron chi connectivity index (χ1n) is 8.28. The molecule has 1 amide bonds. The molecule has 0 N–H and O–H groups in total. The number of likely N-dealkylation sites (N-methyl/N-ethyl adjacent to an activating group) is 1. The van der Waals surface area contributed by atoms with Crippen LogP contribution in [0.25, 0.3) is 0 Å². The van der Waals surface area contributed by atoms with Crippen molar-refractivity contribution in [2.24, 2.45) is 0 Å². The molecule has 0 radical (unpaired) electrons. The predicted octanol–water partition coefficient (Wildman–Crippen LogP) is 3.27. The lowest BCUT2D eigenvalue weighted by Gasteiger charge is -2.25. The molecule has 3 heteroatoms. The molecule has 120 valence electrons. The second-order valence-electron chi connectivity index (χ2n) is 6.29. The second-order valence-corrected chi connectivity index (χ2v) is 6.29. The van der Waals surface area contributed by atoms with Gasteiger partial charge in [0.15, 0.2) is 0 Å². The average molecular weight is 308 g/mol. The monoisotopic (exact) mass is 308 g/mol. The van der Waals surface area contributed by atoms with Crippen molar-refractivity contribution in [2.75, 3.05) is 25.0 Å². The number of aryl methyl sites for hydroxylation is 1. The molecule has 1 fully saturated rings. The zero-order valence-electron chi connectivity index (χ0n) is 13.9. The maximum absolute atomic E-state index is 12.0. The Hall–Kier alpha value is -2.29. The van der Waals surface area contributed by atoms with Crippen LogP contribution in [-0.2, 0) is 11.2 Å². The van der Waals surface area contributed by atoms with E-state index in [0.29, 0.717) is 0 Å². The van der Waals surface area contributed by atoms with Gasteiger partial charge in [0.25, 0.3) is 0 Å². The molecular formula is C20H24N2O. The number of anilines is 1. The van der Waals surface area contributed by atoms with Gasteiger partial charge in [-0.2, -0.15) is 0 Å². The Labute approximate surface area is 138 Å². The van der Waals surface area contributed by atoms with Crippen LogP contribution in [0.1, 0.15) is 17.5 Å². The van der Waals surface area contributed by atoms with Crippen LogP contribution in [0.15, 0.2) is 54.6 Å². The van der Waals surface area contributed by atoms with Gasteiger partial charge < -0.3 is 9.80 Å². The number of carbonyl (C=O) groups is 1. The van der Waals surface area contributed by atoms with Crippen molar-refractivity contribution >= 4 is 11.6 Å². The summed E-state index contributed by atoms with van der Waals surface area (Å²) in [6.07, 6.45) is 2.04. The van der Waals surface area contributed by atoms with E-state index in [2.05, 4.69) is 48.2 Å². The number of carbonyl (C=O) groups excluding carboxylic acids is 1. The van der Waals surface area contributed by atoms with Crippen LogP contribution in [0.4, 0.5) is 5.69 Å². The Morgan fingerprint density at radius 3 is 2.26 bits per heavy atom. The number of hydrogen-bond donors (Lipinski definition) is 0. The van der Waals surface area contributed by atoms with Crippen molar-refractivity contribution < 1.29 is 4.79 Å². The molecule has 2 aliphatic heterocycles. The Morgan fingerprint density at radius 1 is 0.957 bits per heavy atom. The van der Waals surface area contributed by atoms with Gasteiger partial charge in [0.2, 0.25) is 5.91 Å². The summed E-state index contributed by atoms with van der Waals surface area (Å²) in [6, 6.07) is 18.8. The fraction of sp³-hybridized carbons (Fsp3) is 0.350. The molecule has 23 heavy (non-hydrogen) atoms. The first-order chi connectivity index (χ1) is 11.2. The highest BCUT2D eigenvalue weighted by molar-refractivity contribution is 5.87. The smallest absolute Gasteiger partial charge is 0.245 e. The molecule has 0 aliphatic carbocycles. The summed E-state index contributed by atoms with van der Waals surface area (Å²) < 4.78 is 0. The van der Waals surface area contributed by atoms with Crippen molar-refractivity contribution in [3.05, 3.63) is 65.7 Å². The van der Waals surface area contributed by atoms with Gasteiger partial charge in [0.05, 0.1) is 0 Å². The minimum atomic E-state index is 0.0775. The number of likely N-dealkylation sites (tertiary alicyclic amines) is 1. The predicted molar refractivity (Wildman–Crippen MR) is 94.7 cm³/mol. The number of para-hydroxylation sites is 1. The highest BCUT2D eigenvalue weighted by Crippen LogP contribution is 2.32. The Morgan fingerprint density at radius 2 is 1.65 bits per heavy atom. The van der Waals surface area contributed by atoms with Crippen LogP contribution in [0, 0.1) is 6.92 Å². The van der Waals surface area contributed by atoms with Crippen LogP contribution < -0.4 is 4.90 Å². The zero-order valence-corrected chi connectivity index (χ0v) is 13.9. The van der Waals surface area contributed by atoms with Gasteiger partial charge in [0.1, 0.15) is 6.04 Å². The Balaban J connectivity index is 0.000000188. The zero-order chi connectivity index (χ0) is 16.2. The van der Waals surface area contributed by atoms with Crippen molar-refractivity contribution in [2.45, 2.75) is 25.8 Å². The molecule has 3 nitrogen and oxygen atoms in total. The Bertz CT molecular complexity index is 668. The minimum Gasteiger partial charge on any atom is -0.359 e. The quantitative estimate of drug-likeness (QED) is 0.807. The first kappa shape index (κ1) is 15.6. The van der Waals surface area contributed by atoms with Crippen LogP contribution >= 0.6 is 0 Å². The molecule has 2 aliphatic rings. The number of amides is 1. The van der Waals surface area contributed by atoms with E-state index in [1.165, 1.54) is 16.8 Å². The van der Waals surface area contributed by atoms with E-state index in [1.54, 1.807) is 0 Å². The van der Waals surface area contributed by atoms with E-state index in [-0.39, 0.29) is 11.9 Å². The molecule has 2 aromatic rings. The van der Waals surface area contributed by atoms with Crippen molar-refractivity contribution in [3.8, 4) is 0 Å². The van der Waals surface area contributed by atoms with Gasteiger partial charge in [0, 0.05) is 25.8 Å². The summed E-state index contributed by atoms with van der Waals surface area (Å²) in [5.41, 5.74) is 3.96. The van der Waals surface area contributed by atoms with Crippen LogP contribution in [0.5, 0.6) is 0 Å². The number of rotatable bonds is 1. The summed E-state index contributed by atoms with van der Waals surface area (Å²) in [5, 5.41) is 0. The third-order valence-electron chi connectivity index (χ3n) is 4.64. The van der Waals surface area contributed by atoms with E-state index in [1.807, 2.05) is 30.1 Å². The van der Waals surface area contributed by atoms with E-state index in [4.69, 9.17) is 0 Å². The van der Waals surface area contributed by atoms with Gasteiger partial charge in [-0.15, -0.1) is 0 Å². The molecule has 1 saturated heterocycles. The topological polar surface area (TPSA) is 23.6 Å². The van der Waals surface area contributed by atoms with E-state index >= 15 is 0 Å². The molecule has 1 atom stereocenters. The lowest BCUT2D eigenvalue weighted by atomic mass is 10.1. The minimum absolute atomic E-state index is 0.0775. The van der Waals surface area contributed by atoms with Gasteiger partial charge in [-0.3, -0.25) is 4.79 Å². The van der Waals surface area contributed by atoms with Crippen LogP contribution in [0.2, 0.25) is 0 Å². The number of hydrogen-bond acceptors (Lipinski definition) is 2. The highest BCUT2D eigenvalue weighted by Gasteiger charge is 2.36. The molecule has 0 aromatic heterocycles. The number of fused-ring (bicyclic) bond motifs is 1. The summed E-state index contributed by atoms with van der Waals surface area (Å²) in [5.74, 6) is 0.275. The molecule has 0 bridgehead atoms. The van der Waals surface area contributed by atoms with Gasteiger partial charge in [-0.1, -0.05) is 54.1 Å². The third-order valence-corrected chi connectivity index (χ3v) is 4.64. The van der Waals surface area contributed by atoms with E-state index in [0.717, 1.165) is 25.9 Å². The first-order valence-corrected chi connectivity index (χ1v) is 8.28. The van der Waals surface area contributed by atoms with Gasteiger partial charge >= 0.3 is 0 Å². The Kier molecular flexibility index (Phi) is 4.65. The average Bonchev–Trinajstić information content (AvgIpc) is 3.13. The SMILES string of the molecule is CN1CCC(N2CCc3ccccc32)C1=O.Cc1ccccc1. The lowest BCUT2D eigenvalue weighted by molar-refractivity contribution is -0.127. The highest BCUT2D eigenvalue weighted by atomic mass is 16.2. The van der Waals surface area contributed by atoms with Crippen molar-refractivity contribution in [1.29, 1.82) is 0 Å². The summed E-state index contributed by atoms with van der Waals surface area (Å²) in [6.45, 7) is 3.96. The van der Waals surface area contributed by atoms with Gasteiger partial charge in [-0.05, 0) is 31.4 Å². The molecule has 4 rings (SSSR count). The summed E-state index contributed by atoms with van der Waals surface area (Å²) in [4.78, 5) is 16.1.